The number of amides is 3. The summed E-state index contributed by atoms with van der Waals surface area (Å²) in [6.07, 6.45) is 0. The van der Waals surface area contributed by atoms with Gasteiger partial charge in [0.15, 0.2) is 11.5 Å². The predicted octanol–water partition coefficient (Wildman–Crippen LogP) is 2.82. The molecule has 0 bridgehead atoms. The molecule has 3 rings (SSSR count). The van der Waals surface area contributed by atoms with Crippen molar-refractivity contribution in [1.82, 2.24) is 10.2 Å². The van der Waals surface area contributed by atoms with Crippen LogP contribution in [-0.4, -0.2) is 37.2 Å². The van der Waals surface area contributed by atoms with Crippen LogP contribution in [0.4, 0.5) is 10.5 Å². The number of ether oxygens (including phenoxy) is 2. The number of benzene rings is 1. The van der Waals surface area contributed by atoms with E-state index in [1.54, 1.807) is 29.5 Å². The number of imide groups is 1. The summed E-state index contributed by atoms with van der Waals surface area (Å²) in [7, 11) is 1.85. The number of carbonyl (C=O) groups is 2. The van der Waals surface area contributed by atoms with Gasteiger partial charge in [-0.25, -0.2) is 4.79 Å². The highest BCUT2D eigenvalue weighted by Crippen LogP contribution is 2.34. The number of urea groups is 1. The van der Waals surface area contributed by atoms with Crippen LogP contribution in [0, 0.1) is 0 Å². The van der Waals surface area contributed by atoms with Crippen molar-refractivity contribution in [1.29, 1.82) is 0 Å². The lowest BCUT2D eigenvalue weighted by molar-refractivity contribution is -0.121. The van der Waals surface area contributed by atoms with Gasteiger partial charge in [0.05, 0.1) is 6.54 Å². The fraction of sp³-hybridized carbons (Fsp3) is 0.294. The highest BCUT2D eigenvalue weighted by molar-refractivity contribution is 7.10. The molecule has 2 N–H and O–H groups in total. The number of thiophene rings is 1. The molecule has 3 amide bonds. The number of fused-ring (bicyclic) bond motifs is 1. The lowest BCUT2D eigenvalue weighted by Crippen LogP contribution is -2.41. The first-order valence-electron chi connectivity index (χ1n) is 7.77. The molecular weight excluding hydrogens is 342 g/mol. The molecule has 0 saturated carbocycles. The number of nitrogens with one attached hydrogen (secondary N) is 2. The van der Waals surface area contributed by atoms with Gasteiger partial charge in [-0.1, -0.05) is 6.07 Å². The Bertz CT molecular complexity index is 763. The van der Waals surface area contributed by atoms with E-state index in [-0.39, 0.29) is 25.3 Å². The van der Waals surface area contributed by atoms with E-state index in [0.717, 1.165) is 0 Å². The summed E-state index contributed by atoms with van der Waals surface area (Å²) < 4.78 is 10.5. The fourth-order valence-corrected chi connectivity index (χ4v) is 3.26. The van der Waals surface area contributed by atoms with E-state index in [4.69, 9.17) is 9.47 Å². The summed E-state index contributed by atoms with van der Waals surface area (Å²) in [5.74, 6) is 0.823. The largest absolute Gasteiger partial charge is 0.454 e. The van der Waals surface area contributed by atoms with Gasteiger partial charge in [-0.15, -0.1) is 11.3 Å². The Kier molecular flexibility index (Phi) is 5.20. The van der Waals surface area contributed by atoms with Crippen molar-refractivity contribution in [3.05, 3.63) is 40.6 Å². The SMILES string of the molecule is C[C@H](c1cccs1)N(C)CC(=O)NC(=O)Nc1ccc2c(c1)OCO2. The third-order valence-corrected chi connectivity index (χ3v) is 4.94. The van der Waals surface area contributed by atoms with Crippen LogP contribution in [0.5, 0.6) is 11.5 Å². The van der Waals surface area contributed by atoms with E-state index < -0.39 is 6.03 Å². The van der Waals surface area contributed by atoms with Gasteiger partial charge in [0.25, 0.3) is 0 Å². The van der Waals surface area contributed by atoms with Crippen LogP contribution in [0.3, 0.4) is 0 Å². The molecule has 1 aromatic carbocycles. The molecule has 0 aliphatic carbocycles. The van der Waals surface area contributed by atoms with Gasteiger partial charge in [-0.05, 0) is 37.6 Å². The molecule has 1 atom stereocenters. The van der Waals surface area contributed by atoms with E-state index in [2.05, 4.69) is 10.6 Å². The van der Waals surface area contributed by atoms with E-state index in [1.165, 1.54) is 4.88 Å². The molecule has 2 aromatic rings. The average molecular weight is 361 g/mol. The number of hydrogen-bond donors (Lipinski definition) is 2. The first-order valence-corrected chi connectivity index (χ1v) is 8.65. The van der Waals surface area contributed by atoms with Crippen LogP contribution in [0.25, 0.3) is 0 Å². The number of rotatable bonds is 5. The topological polar surface area (TPSA) is 79.9 Å². The first-order chi connectivity index (χ1) is 12.0. The van der Waals surface area contributed by atoms with Gasteiger partial charge in [0, 0.05) is 22.7 Å². The van der Waals surface area contributed by atoms with Gasteiger partial charge < -0.3 is 14.8 Å². The normalized spacial score (nSPS) is 13.6. The third-order valence-electron chi connectivity index (χ3n) is 3.89. The maximum atomic E-state index is 12.1. The van der Waals surface area contributed by atoms with Gasteiger partial charge >= 0.3 is 6.03 Å². The smallest absolute Gasteiger partial charge is 0.325 e. The Morgan fingerprint density at radius 3 is 2.84 bits per heavy atom. The second-order valence-corrected chi connectivity index (χ2v) is 6.66. The molecule has 132 valence electrons. The molecule has 0 spiro atoms. The minimum Gasteiger partial charge on any atom is -0.454 e. The molecule has 0 fully saturated rings. The molecule has 1 aliphatic rings. The Balaban J connectivity index is 1.50. The fourth-order valence-electron chi connectivity index (χ4n) is 2.41. The zero-order valence-corrected chi connectivity index (χ0v) is 14.8. The minimum absolute atomic E-state index is 0.0997. The molecular formula is C17H19N3O4S. The zero-order valence-electron chi connectivity index (χ0n) is 13.9. The van der Waals surface area contributed by atoms with Crippen LogP contribution in [-0.2, 0) is 4.79 Å². The average Bonchev–Trinajstić information content (AvgIpc) is 3.24. The summed E-state index contributed by atoms with van der Waals surface area (Å²) in [4.78, 5) is 27.1. The summed E-state index contributed by atoms with van der Waals surface area (Å²) in [5.41, 5.74) is 0.523. The second kappa shape index (κ2) is 7.54. The van der Waals surface area contributed by atoms with Crippen LogP contribution in [0.1, 0.15) is 17.8 Å². The second-order valence-electron chi connectivity index (χ2n) is 5.68. The maximum absolute atomic E-state index is 12.1. The number of carbonyl (C=O) groups excluding carboxylic acids is 2. The van der Waals surface area contributed by atoms with Gasteiger partial charge in [-0.2, -0.15) is 0 Å². The van der Waals surface area contributed by atoms with Crippen molar-refractivity contribution in [2.45, 2.75) is 13.0 Å². The van der Waals surface area contributed by atoms with Crippen LogP contribution in [0.2, 0.25) is 0 Å². The molecule has 25 heavy (non-hydrogen) atoms. The number of nitrogens with zero attached hydrogens (tertiary/aromatic N) is 1. The number of anilines is 1. The highest BCUT2D eigenvalue weighted by atomic mass is 32.1. The molecule has 7 nitrogen and oxygen atoms in total. The molecule has 0 radical (unpaired) electrons. The van der Waals surface area contributed by atoms with Crippen molar-refractivity contribution in [3.63, 3.8) is 0 Å². The molecule has 1 aromatic heterocycles. The van der Waals surface area contributed by atoms with Gasteiger partial charge in [0.1, 0.15) is 0 Å². The lowest BCUT2D eigenvalue weighted by atomic mass is 10.2. The van der Waals surface area contributed by atoms with Crippen LogP contribution >= 0.6 is 11.3 Å². The van der Waals surface area contributed by atoms with Gasteiger partial charge in [-0.3, -0.25) is 15.0 Å². The Labute approximate surface area is 149 Å². The molecule has 8 heteroatoms. The molecule has 2 heterocycles. The Hall–Kier alpha value is -2.58. The summed E-state index contributed by atoms with van der Waals surface area (Å²) >= 11 is 1.64. The van der Waals surface area contributed by atoms with Crippen molar-refractivity contribution < 1.29 is 19.1 Å². The van der Waals surface area contributed by atoms with E-state index in [0.29, 0.717) is 17.2 Å². The highest BCUT2D eigenvalue weighted by Gasteiger charge is 2.18. The quantitative estimate of drug-likeness (QED) is 0.856. The standard InChI is InChI=1S/C17H19N3O4S/c1-11(15-4-3-7-25-15)20(2)9-16(21)19-17(22)18-12-5-6-13-14(8-12)24-10-23-13/h3-8,11H,9-10H2,1-2H3,(H2,18,19,21,22)/t11-/m1/s1. The van der Waals surface area contributed by atoms with E-state index in [9.17, 15) is 9.59 Å². The van der Waals surface area contributed by atoms with Crippen molar-refractivity contribution in [2.75, 3.05) is 25.7 Å². The zero-order chi connectivity index (χ0) is 17.8. The number of likely N-dealkylation sites (N-methyl/N-ethyl adjacent to an activating group) is 1. The van der Waals surface area contributed by atoms with E-state index in [1.807, 2.05) is 36.4 Å². The van der Waals surface area contributed by atoms with Crippen molar-refractivity contribution in [2.24, 2.45) is 0 Å². The van der Waals surface area contributed by atoms with Gasteiger partial charge in [0.2, 0.25) is 12.7 Å². The Morgan fingerprint density at radius 2 is 2.08 bits per heavy atom. The first kappa shape index (κ1) is 17.2. The van der Waals surface area contributed by atoms with E-state index >= 15 is 0 Å². The predicted molar refractivity (Wildman–Crippen MR) is 95.1 cm³/mol. The maximum Gasteiger partial charge on any atom is 0.325 e. The molecule has 1 aliphatic heterocycles. The summed E-state index contributed by atoms with van der Waals surface area (Å²) in [6, 6.07) is 8.55. The minimum atomic E-state index is -0.582. The number of hydrogen-bond acceptors (Lipinski definition) is 6. The molecule has 0 saturated heterocycles. The Morgan fingerprint density at radius 1 is 1.28 bits per heavy atom. The third kappa shape index (κ3) is 4.28. The summed E-state index contributed by atoms with van der Waals surface area (Å²) in [6.45, 7) is 2.30. The summed E-state index contributed by atoms with van der Waals surface area (Å²) in [5, 5.41) is 6.94. The van der Waals surface area contributed by atoms with Crippen molar-refractivity contribution in [3.8, 4) is 11.5 Å². The lowest BCUT2D eigenvalue weighted by Gasteiger charge is -2.22. The monoisotopic (exact) mass is 361 g/mol. The van der Waals surface area contributed by atoms with Crippen LogP contribution < -0.4 is 20.1 Å². The molecule has 0 unspecified atom stereocenters. The van der Waals surface area contributed by atoms with Crippen molar-refractivity contribution >= 4 is 29.0 Å². The van der Waals surface area contributed by atoms with Crippen LogP contribution in [0.15, 0.2) is 35.7 Å².